The number of hydrogen-bond donors (Lipinski definition) is 3. The van der Waals surface area contributed by atoms with Crippen molar-refractivity contribution in [1.29, 1.82) is 0 Å². The Kier molecular flexibility index (Phi) is 4.82. The van der Waals surface area contributed by atoms with Gasteiger partial charge in [-0.1, -0.05) is 13.8 Å². The lowest BCUT2D eigenvalue weighted by molar-refractivity contribution is -0.384. The monoisotopic (exact) mass is 267 g/mol. The van der Waals surface area contributed by atoms with Crippen LogP contribution in [0.1, 0.15) is 24.2 Å². The van der Waals surface area contributed by atoms with E-state index in [2.05, 4.69) is 5.32 Å². The van der Waals surface area contributed by atoms with Gasteiger partial charge in [0.15, 0.2) is 0 Å². The number of aliphatic hydroxyl groups excluding tert-OH is 1. The molecule has 0 aliphatic heterocycles. The number of nitro groups is 1. The van der Waals surface area contributed by atoms with Crippen LogP contribution in [0.15, 0.2) is 18.2 Å². The van der Waals surface area contributed by atoms with E-state index in [0.29, 0.717) is 0 Å². The van der Waals surface area contributed by atoms with E-state index in [4.69, 9.17) is 5.73 Å². The molecule has 1 amide bonds. The van der Waals surface area contributed by atoms with E-state index in [1.54, 1.807) is 0 Å². The van der Waals surface area contributed by atoms with Crippen LogP contribution in [0.25, 0.3) is 0 Å². The standard InChI is InChI=1S/C12H17N3O4/c1-7(2)10(6-16)14-9-4-3-8(12(13)17)5-11(9)15(18)19/h3-5,7,10,14,16H,6H2,1-2H3,(H2,13,17). The highest BCUT2D eigenvalue weighted by Crippen LogP contribution is 2.27. The van der Waals surface area contributed by atoms with Crippen molar-refractivity contribution >= 4 is 17.3 Å². The number of benzene rings is 1. The lowest BCUT2D eigenvalue weighted by Gasteiger charge is -2.21. The van der Waals surface area contributed by atoms with Crippen LogP contribution < -0.4 is 11.1 Å². The average molecular weight is 267 g/mol. The van der Waals surface area contributed by atoms with E-state index in [0.717, 1.165) is 6.07 Å². The van der Waals surface area contributed by atoms with Crippen LogP contribution in [0.4, 0.5) is 11.4 Å². The Hall–Kier alpha value is -2.15. The van der Waals surface area contributed by atoms with Gasteiger partial charge in [0, 0.05) is 11.6 Å². The predicted molar refractivity (Wildman–Crippen MR) is 70.9 cm³/mol. The maximum absolute atomic E-state index is 11.0. The molecule has 7 nitrogen and oxygen atoms in total. The molecule has 0 aliphatic carbocycles. The molecule has 0 saturated heterocycles. The number of carbonyl (C=O) groups excluding carboxylic acids is 1. The zero-order valence-electron chi connectivity index (χ0n) is 10.8. The fraction of sp³-hybridized carbons (Fsp3) is 0.417. The Morgan fingerprint density at radius 2 is 2.16 bits per heavy atom. The third-order valence-electron chi connectivity index (χ3n) is 2.82. The Labute approximate surface area is 110 Å². The van der Waals surface area contributed by atoms with E-state index in [-0.39, 0.29) is 35.5 Å². The number of nitro benzene ring substituents is 1. The molecule has 19 heavy (non-hydrogen) atoms. The third kappa shape index (κ3) is 3.65. The summed E-state index contributed by atoms with van der Waals surface area (Å²) in [6, 6.07) is 3.65. The number of nitrogens with zero attached hydrogens (tertiary/aromatic N) is 1. The number of hydrogen-bond acceptors (Lipinski definition) is 5. The average Bonchev–Trinajstić information content (AvgIpc) is 2.35. The molecule has 0 spiro atoms. The van der Waals surface area contributed by atoms with Crippen molar-refractivity contribution in [3.8, 4) is 0 Å². The Bertz CT molecular complexity index is 488. The van der Waals surface area contributed by atoms with Gasteiger partial charge in [-0.3, -0.25) is 14.9 Å². The molecule has 0 bridgehead atoms. The van der Waals surface area contributed by atoms with Crippen LogP contribution in [0.5, 0.6) is 0 Å². The number of carbonyl (C=O) groups is 1. The summed E-state index contributed by atoms with van der Waals surface area (Å²) < 4.78 is 0. The molecule has 0 heterocycles. The van der Waals surface area contributed by atoms with Crippen LogP contribution in [0, 0.1) is 16.0 Å². The second kappa shape index (κ2) is 6.14. The zero-order chi connectivity index (χ0) is 14.6. The summed E-state index contributed by atoms with van der Waals surface area (Å²) in [5, 5.41) is 23.1. The van der Waals surface area contributed by atoms with Gasteiger partial charge >= 0.3 is 0 Å². The summed E-state index contributed by atoms with van der Waals surface area (Å²) in [7, 11) is 0. The van der Waals surface area contributed by atoms with Gasteiger partial charge in [0.1, 0.15) is 5.69 Å². The van der Waals surface area contributed by atoms with E-state index >= 15 is 0 Å². The van der Waals surface area contributed by atoms with Gasteiger partial charge in [0.25, 0.3) is 5.69 Å². The number of rotatable bonds is 6. The molecular formula is C12H17N3O4. The lowest BCUT2D eigenvalue weighted by atomic mass is 10.0. The first kappa shape index (κ1) is 14.9. The van der Waals surface area contributed by atoms with Crippen LogP contribution in [0.2, 0.25) is 0 Å². The number of aliphatic hydroxyl groups is 1. The summed E-state index contributed by atoms with van der Waals surface area (Å²) in [5.41, 5.74) is 5.17. The summed E-state index contributed by atoms with van der Waals surface area (Å²) in [6.45, 7) is 3.63. The molecule has 0 fully saturated rings. The predicted octanol–water partition coefficient (Wildman–Crippen LogP) is 1.12. The van der Waals surface area contributed by atoms with Gasteiger partial charge in [-0.25, -0.2) is 0 Å². The molecule has 0 aliphatic rings. The van der Waals surface area contributed by atoms with E-state index < -0.39 is 10.8 Å². The van der Waals surface area contributed by atoms with Crippen LogP contribution in [-0.4, -0.2) is 28.6 Å². The number of nitrogens with one attached hydrogen (secondary N) is 1. The lowest BCUT2D eigenvalue weighted by Crippen LogP contribution is -2.29. The first-order valence-corrected chi connectivity index (χ1v) is 5.82. The summed E-state index contributed by atoms with van der Waals surface area (Å²) in [4.78, 5) is 21.4. The first-order valence-electron chi connectivity index (χ1n) is 5.82. The third-order valence-corrected chi connectivity index (χ3v) is 2.82. The molecule has 0 radical (unpaired) electrons. The molecule has 4 N–H and O–H groups in total. The maximum atomic E-state index is 11.0. The summed E-state index contributed by atoms with van der Waals surface area (Å²) in [6.07, 6.45) is 0. The maximum Gasteiger partial charge on any atom is 0.293 e. The minimum atomic E-state index is -0.725. The quantitative estimate of drug-likeness (QED) is 0.527. The summed E-state index contributed by atoms with van der Waals surface area (Å²) in [5.74, 6) is -0.627. The highest BCUT2D eigenvalue weighted by molar-refractivity contribution is 5.94. The second-order valence-corrected chi connectivity index (χ2v) is 4.53. The number of nitrogens with two attached hydrogens (primary N) is 1. The van der Waals surface area contributed by atoms with Crippen LogP contribution in [0.3, 0.4) is 0 Å². The van der Waals surface area contributed by atoms with Crippen molar-refractivity contribution in [2.24, 2.45) is 11.7 Å². The molecule has 0 saturated carbocycles. The zero-order valence-corrected chi connectivity index (χ0v) is 10.8. The minimum Gasteiger partial charge on any atom is -0.394 e. The number of anilines is 1. The highest BCUT2D eigenvalue weighted by Gasteiger charge is 2.20. The Morgan fingerprint density at radius 1 is 1.53 bits per heavy atom. The molecule has 1 aromatic carbocycles. The number of primary amides is 1. The Balaban J connectivity index is 3.13. The largest absolute Gasteiger partial charge is 0.394 e. The van der Waals surface area contributed by atoms with Crippen molar-refractivity contribution in [2.75, 3.05) is 11.9 Å². The fourth-order valence-corrected chi connectivity index (χ4v) is 1.58. The smallest absolute Gasteiger partial charge is 0.293 e. The van der Waals surface area contributed by atoms with E-state index in [9.17, 15) is 20.0 Å². The van der Waals surface area contributed by atoms with Crippen LogP contribution in [-0.2, 0) is 0 Å². The normalized spacial score (nSPS) is 12.2. The van der Waals surface area contributed by atoms with Crippen molar-refractivity contribution in [1.82, 2.24) is 0 Å². The topological polar surface area (TPSA) is 118 Å². The van der Waals surface area contributed by atoms with Gasteiger partial charge in [-0.15, -0.1) is 0 Å². The molecule has 1 aromatic rings. The molecule has 1 unspecified atom stereocenters. The van der Waals surface area contributed by atoms with E-state index in [1.807, 2.05) is 13.8 Å². The van der Waals surface area contributed by atoms with E-state index in [1.165, 1.54) is 12.1 Å². The fourth-order valence-electron chi connectivity index (χ4n) is 1.58. The molecule has 7 heteroatoms. The van der Waals surface area contributed by atoms with Gasteiger partial charge in [0.05, 0.1) is 17.6 Å². The van der Waals surface area contributed by atoms with Crippen molar-refractivity contribution < 1.29 is 14.8 Å². The van der Waals surface area contributed by atoms with Crippen molar-refractivity contribution in [3.05, 3.63) is 33.9 Å². The molecule has 0 aromatic heterocycles. The minimum absolute atomic E-state index is 0.0716. The Morgan fingerprint density at radius 3 is 2.58 bits per heavy atom. The molecule has 1 atom stereocenters. The van der Waals surface area contributed by atoms with Crippen molar-refractivity contribution in [2.45, 2.75) is 19.9 Å². The van der Waals surface area contributed by atoms with Crippen molar-refractivity contribution in [3.63, 3.8) is 0 Å². The summed E-state index contributed by atoms with van der Waals surface area (Å²) >= 11 is 0. The van der Waals surface area contributed by atoms with Gasteiger partial charge < -0.3 is 16.2 Å². The highest BCUT2D eigenvalue weighted by atomic mass is 16.6. The molecule has 1 rings (SSSR count). The first-order chi connectivity index (χ1) is 8.86. The second-order valence-electron chi connectivity index (χ2n) is 4.53. The van der Waals surface area contributed by atoms with Gasteiger partial charge in [0.2, 0.25) is 5.91 Å². The molecular weight excluding hydrogens is 250 g/mol. The number of amides is 1. The van der Waals surface area contributed by atoms with Gasteiger partial charge in [-0.2, -0.15) is 0 Å². The van der Waals surface area contributed by atoms with Crippen LogP contribution >= 0.6 is 0 Å². The SMILES string of the molecule is CC(C)C(CO)Nc1ccc(C(N)=O)cc1[N+](=O)[O-]. The van der Waals surface area contributed by atoms with Gasteiger partial charge in [-0.05, 0) is 18.1 Å². The molecule has 104 valence electrons.